The molecule has 19 nitrogen and oxygen atoms in total. The molecule has 30 heteroatoms. The summed E-state index contributed by atoms with van der Waals surface area (Å²) in [4.78, 5) is 57.5. The van der Waals surface area contributed by atoms with Crippen LogP contribution in [-0.2, 0) is 45.5 Å². The van der Waals surface area contributed by atoms with Gasteiger partial charge in [-0.2, -0.15) is 0 Å². The van der Waals surface area contributed by atoms with Gasteiger partial charge in [0.15, 0.2) is 35.2 Å². The Balaban J connectivity index is 0.000000224. The number of rotatable bonds is 10. The number of sulfone groups is 3. The molecule has 0 radical (unpaired) electrons. The first-order chi connectivity index (χ1) is 39.0. The Kier molecular flexibility index (Phi) is 21.7. The fraction of sp³-hybridized carbons (Fsp3) is 0.283. The third-order valence-electron chi connectivity index (χ3n) is 12.7. The number of esters is 1. The zero-order valence-electron chi connectivity index (χ0n) is 43.3. The van der Waals surface area contributed by atoms with E-state index in [1.54, 1.807) is 42.6 Å². The van der Waals surface area contributed by atoms with Crippen LogP contribution in [0.15, 0.2) is 89.5 Å². The van der Waals surface area contributed by atoms with E-state index in [0.717, 1.165) is 43.5 Å². The fourth-order valence-electron chi connectivity index (χ4n) is 8.44. The summed E-state index contributed by atoms with van der Waals surface area (Å²) >= 11 is 9.32. The van der Waals surface area contributed by atoms with E-state index < -0.39 is 111 Å². The molecule has 83 heavy (non-hydrogen) atoms. The van der Waals surface area contributed by atoms with Crippen molar-refractivity contribution in [2.45, 2.75) is 12.5 Å². The summed E-state index contributed by atoms with van der Waals surface area (Å²) in [5.41, 5.74) is 0.246. The Hall–Kier alpha value is -7.36. The Labute approximate surface area is 484 Å². The van der Waals surface area contributed by atoms with Crippen LogP contribution in [0.25, 0.3) is 26.9 Å². The van der Waals surface area contributed by atoms with E-state index in [-0.39, 0.29) is 71.5 Å². The molecule has 0 aliphatic carbocycles. The maximum atomic E-state index is 15.0. The van der Waals surface area contributed by atoms with Crippen LogP contribution in [0.3, 0.4) is 0 Å². The van der Waals surface area contributed by atoms with Crippen molar-refractivity contribution in [1.29, 1.82) is 0 Å². The number of hydrogen-bond donors (Lipinski definition) is 4. The quantitative estimate of drug-likeness (QED) is 0.0589. The van der Waals surface area contributed by atoms with E-state index >= 15 is 8.78 Å². The van der Waals surface area contributed by atoms with Crippen molar-refractivity contribution in [1.82, 2.24) is 15.6 Å². The van der Waals surface area contributed by atoms with Gasteiger partial charge in [-0.25, -0.2) is 70.8 Å². The van der Waals surface area contributed by atoms with Gasteiger partial charge in [0.05, 0.1) is 53.7 Å². The lowest BCUT2D eigenvalue weighted by molar-refractivity contribution is -0.139. The molecule has 3 aliphatic rings. The van der Waals surface area contributed by atoms with Crippen molar-refractivity contribution in [3.05, 3.63) is 163 Å². The van der Waals surface area contributed by atoms with Gasteiger partial charge in [0, 0.05) is 83.7 Å². The van der Waals surface area contributed by atoms with E-state index in [2.05, 4.69) is 41.1 Å². The molecule has 1 aromatic heterocycles. The molecule has 3 aliphatic heterocycles. The molecular weight excluding hydrogens is 1250 g/mol. The molecule has 3 saturated heterocycles. The number of nitrogens with zero attached hydrogens (tertiary/aromatic N) is 4. The number of carbonyl (C=O) groups excluding carboxylic acids is 2. The van der Waals surface area contributed by atoms with Gasteiger partial charge in [0.2, 0.25) is 0 Å². The molecule has 0 saturated carbocycles. The number of nitrogens with one attached hydrogen (secondary N) is 2. The number of carboxylic acids is 2. The van der Waals surface area contributed by atoms with Crippen molar-refractivity contribution < 1.29 is 85.7 Å². The SMILES string of the molecule is COC(=O)c1c(F)cc(Br)cc1F.O=C(O)c1c(F)cc(N2CCS(=O)(=O)CC2)cc1F.O=S1(=O)CCNCC1.[C-]#[N+]c1ccc(-c2ccc(C[C@H](NC(=O)c3c(F)cc(N4CCS(=O)(=O)CC4)cc3F)C(=O)O)c3cccnc23)c(Cl)c1. The van der Waals surface area contributed by atoms with Crippen LogP contribution >= 0.6 is 27.5 Å². The number of halogens is 8. The number of carbonyl (C=O) groups is 4. The molecule has 0 unspecified atom stereocenters. The van der Waals surface area contributed by atoms with E-state index in [1.807, 2.05) is 0 Å². The minimum atomic E-state index is -3.22. The topological polar surface area (TPSA) is 268 Å². The highest BCUT2D eigenvalue weighted by Crippen LogP contribution is 2.36. The molecule has 5 aromatic carbocycles. The number of methoxy groups -OCH3 is 1. The van der Waals surface area contributed by atoms with E-state index in [9.17, 15) is 67.1 Å². The molecule has 442 valence electrons. The number of benzene rings is 5. The summed E-state index contributed by atoms with van der Waals surface area (Å²) in [5, 5.41) is 24.6. The smallest absolute Gasteiger partial charge is 0.343 e. The normalized spacial score (nSPS) is 16.2. The van der Waals surface area contributed by atoms with E-state index in [4.69, 9.17) is 23.3 Å². The first kappa shape index (κ1) is 64.8. The minimum Gasteiger partial charge on any atom is -0.480 e. The van der Waals surface area contributed by atoms with Crippen molar-refractivity contribution in [2.24, 2.45) is 0 Å². The number of fused-ring (bicyclic) bond motifs is 1. The summed E-state index contributed by atoms with van der Waals surface area (Å²) in [5.74, 6) is -11.9. The van der Waals surface area contributed by atoms with Crippen LogP contribution in [0.2, 0.25) is 5.02 Å². The van der Waals surface area contributed by atoms with Crippen LogP contribution in [0.1, 0.15) is 36.6 Å². The first-order valence-corrected chi connectivity index (χ1v) is 31.0. The van der Waals surface area contributed by atoms with Crippen molar-refractivity contribution in [3.63, 3.8) is 0 Å². The zero-order chi connectivity index (χ0) is 61.1. The summed E-state index contributed by atoms with van der Waals surface area (Å²) in [6, 6.07) is 15.7. The van der Waals surface area contributed by atoms with Crippen molar-refractivity contribution in [3.8, 4) is 11.1 Å². The molecule has 1 atom stereocenters. The molecule has 0 spiro atoms. The van der Waals surface area contributed by atoms with Gasteiger partial charge < -0.3 is 35.4 Å². The maximum absolute atomic E-state index is 15.0. The van der Waals surface area contributed by atoms with Crippen LogP contribution in [0.4, 0.5) is 43.4 Å². The number of amides is 1. The summed E-state index contributed by atoms with van der Waals surface area (Å²) in [6.45, 7) is 8.80. The Bertz CT molecular complexity index is 3790. The highest BCUT2D eigenvalue weighted by atomic mass is 79.9. The number of anilines is 2. The largest absolute Gasteiger partial charge is 0.480 e. The summed E-state index contributed by atoms with van der Waals surface area (Å²) in [6.07, 6.45) is 1.34. The van der Waals surface area contributed by atoms with Gasteiger partial charge >= 0.3 is 17.9 Å². The molecular formula is C53H48BrClF6N6O13S3. The third-order valence-corrected chi connectivity index (χ3v) is 18.4. The molecule has 1 amide bonds. The van der Waals surface area contributed by atoms with Crippen LogP contribution < -0.4 is 20.4 Å². The average molecular weight is 1300 g/mol. The molecule has 0 bridgehead atoms. The number of carboxylic acid groups (broad SMARTS) is 2. The molecule has 9 rings (SSSR count). The number of ether oxygens (including phenoxy) is 1. The predicted molar refractivity (Wildman–Crippen MR) is 299 cm³/mol. The van der Waals surface area contributed by atoms with Crippen molar-refractivity contribution in [2.75, 3.05) is 90.7 Å². The Morgan fingerprint density at radius 1 is 0.699 bits per heavy atom. The summed E-state index contributed by atoms with van der Waals surface area (Å²) < 4.78 is 155. The number of pyridine rings is 1. The second-order valence-electron chi connectivity index (χ2n) is 18.3. The lowest BCUT2D eigenvalue weighted by Gasteiger charge is -2.29. The van der Waals surface area contributed by atoms with Gasteiger partial charge in [0.1, 0.15) is 57.6 Å². The van der Waals surface area contributed by atoms with E-state index in [0.29, 0.717) is 62.9 Å². The average Bonchev–Trinajstić information content (AvgIpc) is 3.11. The Morgan fingerprint density at radius 3 is 1.60 bits per heavy atom. The zero-order valence-corrected chi connectivity index (χ0v) is 48.1. The Morgan fingerprint density at radius 2 is 1.17 bits per heavy atom. The highest BCUT2D eigenvalue weighted by Gasteiger charge is 2.30. The minimum absolute atomic E-state index is 0.0496. The lowest BCUT2D eigenvalue weighted by atomic mass is 9.95. The number of aliphatic carboxylic acids is 1. The predicted octanol–water partition coefficient (Wildman–Crippen LogP) is 7.46. The van der Waals surface area contributed by atoms with Crippen LogP contribution in [-0.4, -0.2) is 151 Å². The van der Waals surface area contributed by atoms with Crippen molar-refractivity contribution >= 4 is 109 Å². The van der Waals surface area contributed by atoms with Crippen LogP contribution in [0.5, 0.6) is 0 Å². The number of aromatic carboxylic acids is 1. The monoisotopic (exact) mass is 1300 g/mol. The fourth-order valence-corrected chi connectivity index (χ4v) is 12.6. The number of hydrogen-bond acceptors (Lipinski definition) is 15. The standard InChI is InChI=1S/C30H23ClF2N4O5S.C11H11F2NO4S.C8H5BrF2O2.C4H9NO2S/c1-34-18-5-7-21(23(31)14-18)22-6-4-17(20-3-2-8-35-28(20)22)13-26(30(39)40)36-29(38)27-24(32)15-19(16-25(27)33)37-9-11-43(41,42)12-10-37;12-8-5-7(6-9(13)10(8)11(15)16)14-1-3-19(17,18)4-2-14;1-13-8(12)7-5(10)2-4(9)3-6(7)11;6-8(7)3-1-5-2-4-8/h2-8,14-16,26H,9-13H2,(H,36,38)(H,39,40);5-6H,1-4H2,(H,15,16);2-3H,1H3;5H,1-4H2/t26-;;;/m0.../s1. The van der Waals surface area contributed by atoms with E-state index in [1.165, 1.54) is 15.9 Å². The second kappa shape index (κ2) is 27.8. The highest BCUT2D eigenvalue weighted by molar-refractivity contribution is 9.10. The van der Waals surface area contributed by atoms with Gasteiger partial charge in [0.25, 0.3) is 5.91 Å². The molecule has 3 fully saturated rings. The summed E-state index contributed by atoms with van der Waals surface area (Å²) in [7, 11) is -7.89. The van der Waals surface area contributed by atoms with Gasteiger partial charge in [-0.1, -0.05) is 57.9 Å². The molecule has 6 aromatic rings. The second-order valence-corrected chi connectivity index (χ2v) is 26.5. The van der Waals surface area contributed by atoms with Crippen LogP contribution in [0, 0.1) is 41.5 Å². The van der Waals surface area contributed by atoms with Gasteiger partial charge in [-0.15, -0.1) is 0 Å². The number of aromatic nitrogens is 1. The molecule has 4 N–H and O–H groups in total. The maximum Gasteiger partial charge on any atom is 0.343 e. The lowest BCUT2D eigenvalue weighted by Crippen LogP contribution is -2.43. The molecule has 4 heterocycles. The first-order valence-electron chi connectivity index (χ1n) is 24.4. The van der Waals surface area contributed by atoms with Gasteiger partial charge in [-0.3, -0.25) is 9.78 Å². The third kappa shape index (κ3) is 17.1. The van der Waals surface area contributed by atoms with Gasteiger partial charge in [-0.05, 0) is 59.7 Å².